The van der Waals surface area contributed by atoms with Gasteiger partial charge < -0.3 is 0 Å². The summed E-state index contributed by atoms with van der Waals surface area (Å²) < 4.78 is 25.1. The summed E-state index contributed by atoms with van der Waals surface area (Å²) in [6, 6.07) is 0. The van der Waals surface area contributed by atoms with Crippen LogP contribution < -0.4 is 4.72 Å². The van der Waals surface area contributed by atoms with Crippen molar-refractivity contribution in [2.45, 2.75) is 13.8 Å². The van der Waals surface area contributed by atoms with E-state index in [1.807, 2.05) is 28.7 Å². The Bertz CT molecular complexity index is 340. The first-order valence-corrected chi connectivity index (χ1v) is 5.57. The molecule has 0 radical (unpaired) electrons. The van der Waals surface area contributed by atoms with Gasteiger partial charge >= 0.3 is 0 Å². The van der Waals surface area contributed by atoms with E-state index < -0.39 is 10.0 Å². The van der Waals surface area contributed by atoms with E-state index in [9.17, 15) is 8.42 Å². The van der Waals surface area contributed by atoms with E-state index in [2.05, 4.69) is 4.72 Å². The molecule has 0 amide bonds. The molecule has 62 valence electrons. The second kappa shape index (κ2) is 2.78. The second-order valence-corrected chi connectivity index (χ2v) is 5.82. The van der Waals surface area contributed by atoms with Crippen molar-refractivity contribution in [1.29, 1.82) is 0 Å². The number of hydrogen-bond donors (Lipinski definition) is 1. The Labute approximate surface area is 79.8 Å². The summed E-state index contributed by atoms with van der Waals surface area (Å²) in [6.45, 7) is 3.51. The normalized spacial score (nSPS) is 22.6. The summed E-state index contributed by atoms with van der Waals surface area (Å²) in [5, 5.41) is 0. The average Bonchev–Trinajstić information content (AvgIpc) is 1.81. The van der Waals surface area contributed by atoms with E-state index in [0.29, 0.717) is 8.61 Å². The lowest BCUT2D eigenvalue weighted by Gasteiger charge is -2.13. The zero-order valence-electron chi connectivity index (χ0n) is 6.18. The fourth-order valence-electron chi connectivity index (χ4n) is 0.880. The lowest BCUT2D eigenvalue weighted by molar-refractivity contribution is 0.596. The summed E-state index contributed by atoms with van der Waals surface area (Å²) in [6.07, 6.45) is 1.81. The molecular weight excluding hydrogens is 277 g/mol. The molecule has 1 heterocycles. The highest BCUT2D eigenvalue weighted by atomic mass is 127. The van der Waals surface area contributed by atoms with Crippen molar-refractivity contribution in [3.8, 4) is 0 Å². The minimum atomic E-state index is -3.21. The topological polar surface area (TPSA) is 46.2 Å². The van der Waals surface area contributed by atoms with Gasteiger partial charge in [0.15, 0.2) is 0 Å². The van der Waals surface area contributed by atoms with Gasteiger partial charge in [0.1, 0.15) is 2.91 Å². The lowest BCUT2D eigenvalue weighted by atomic mass is 10.3. The SMILES string of the molecule is CC1=CC(C)=C(I)S(=O)(=O)N1. The predicted molar refractivity (Wildman–Crippen MR) is 52.5 cm³/mol. The van der Waals surface area contributed by atoms with E-state index in [0.717, 1.165) is 5.57 Å². The summed E-state index contributed by atoms with van der Waals surface area (Å²) >= 11 is 1.82. The molecule has 0 fully saturated rings. The maximum Gasteiger partial charge on any atom is 0.267 e. The molecule has 0 aromatic rings. The Balaban J connectivity index is 3.29. The van der Waals surface area contributed by atoms with Crippen molar-refractivity contribution in [1.82, 2.24) is 4.72 Å². The molecule has 3 nitrogen and oxygen atoms in total. The molecule has 1 N–H and O–H groups in total. The van der Waals surface area contributed by atoms with Crippen LogP contribution in [0, 0.1) is 0 Å². The molecule has 0 aromatic heterocycles. The van der Waals surface area contributed by atoms with E-state index >= 15 is 0 Å². The number of allylic oxidation sites excluding steroid dienone is 3. The third-order valence-corrected chi connectivity index (χ3v) is 5.25. The molecule has 0 saturated carbocycles. The van der Waals surface area contributed by atoms with E-state index in [1.165, 1.54) is 0 Å². The van der Waals surface area contributed by atoms with E-state index in [4.69, 9.17) is 0 Å². The number of halogens is 1. The van der Waals surface area contributed by atoms with Crippen LogP contribution >= 0.6 is 22.6 Å². The third kappa shape index (κ3) is 1.76. The van der Waals surface area contributed by atoms with Crippen molar-refractivity contribution in [3.63, 3.8) is 0 Å². The van der Waals surface area contributed by atoms with Gasteiger partial charge in [-0.1, -0.05) is 0 Å². The largest absolute Gasteiger partial charge is 0.283 e. The van der Waals surface area contributed by atoms with Crippen molar-refractivity contribution in [3.05, 3.63) is 20.3 Å². The maximum absolute atomic E-state index is 11.2. The van der Waals surface area contributed by atoms with Crippen molar-refractivity contribution >= 4 is 32.6 Å². The fourth-order valence-corrected chi connectivity index (χ4v) is 2.42. The molecule has 11 heavy (non-hydrogen) atoms. The molecule has 0 unspecified atom stereocenters. The Morgan fingerprint density at radius 2 is 2.00 bits per heavy atom. The van der Waals surface area contributed by atoms with Gasteiger partial charge in [0.25, 0.3) is 10.0 Å². The Morgan fingerprint density at radius 3 is 2.45 bits per heavy atom. The molecule has 0 saturated heterocycles. The standard InChI is InChI=1S/C6H8INO2S/c1-4-3-5(2)8-11(9,10)6(4)7/h3,8H,1-2H3. The monoisotopic (exact) mass is 285 g/mol. The number of rotatable bonds is 0. The number of sulfonamides is 1. The molecule has 5 heteroatoms. The number of nitrogens with one attached hydrogen (secondary N) is 1. The van der Waals surface area contributed by atoms with Gasteiger partial charge in [-0.05, 0) is 48.1 Å². The zero-order chi connectivity index (χ0) is 8.65. The van der Waals surface area contributed by atoms with Crippen LogP contribution in [-0.4, -0.2) is 8.42 Å². The van der Waals surface area contributed by atoms with Gasteiger partial charge in [0.2, 0.25) is 0 Å². The molecule has 0 spiro atoms. The van der Waals surface area contributed by atoms with Crippen LogP contribution in [0.1, 0.15) is 13.8 Å². The first-order valence-electron chi connectivity index (χ1n) is 3.01. The molecule has 1 aliphatic heterocycles. The zero-order valence-corrected chi connectivity index (χ0v) is 9.15. The van der Waals surface area contributed by atoms with E-state index in [-0.39, 0.29) is 0 Å². The second-order valence-electron chi connectivity index (χ2n) is 2.39. The van der Waals surface area contributed by atoms with Crippen LogP contribution in [0.3, 0.4) is 0 Å². The minimum Gasteiger partial charge on any atom is -0.283 e. The minimum absolute atomic E-state index is 0.376. The molecule has 1 aliphatic rings. The summed E-state index contributed by atoms with van der Waals surface area (Å²) in [4.78, 5) is 0. The molecule has 0 aromatic carbocycles. The van der Waals surface area contributed by atoms with Crippen LogP contribution in [0.2, 0.25) is 0 Å². The highest BCUT2D eigenvalue weighted by Crippen LogP contribution is 2.24. The Kier molecular flexibility index (Phi) is 2.29. The fraction of sp³-hybridized carbons (Fsp3) is 0.333. The third-order valence-electron chi connectivity index (χ3n) is 1.27. The quantitative estimate of drug-likeness (QED) is 0.685. The van der Waals surface area contributed by atoms with Gasteiger partial charge in [0, 0.05) is 5.70 Å². The van der Waals surface area contributed by atoms with Crippen LogP contribution in [-0.2, 0) is 10.0 Å². The molecular formula is C6H8INO2S. The van der Waals surface area contributed by atoms with Crippen LogP contribution in [0.25, 0.3) is 0 Å². The van der Waals surface area contributed by atoms with Crippen LogP contribution in [0.15, 0.2) is 20.3 Å². The smallest absolute Gasteiger partial charge is 0.267 e. The Hall–Kier alpha value is -0.0400. The van der Waals surface area contributed by atoms with Gasteiger partial charge in [0.05, 0.1) is 0 Å². The van der Waals surface area contributed by atoms with Crippen molar-refractivity contribution in [2.75, 3.05) is 0 Å². The summed E-state index contributed by atoms with van der Waals surface area (Å²) in [7, 11) is -3.21. The first kappa shape index (κ1) is 9.05. The lowest BCUT2D eigenvalue weighted by Crippen LogP contribution is -2.24. The average molecular weight is 285 g/mol. The van der Waals surface area contributed by atoms with Gasteiger partial charge in [-0.2, -0.15) is 0 Å². The van der Waals surface area contributed by atoms with Gasteiger partial charge in [-0.25, -0.2) is 8.42 Å². The van der Waals surface area contributed by atoms with Gasteiger partial charge in [-0.15, -0.1) is 0 Å². The van der Waals surface area contributed by atoms with Crippen LogP contribution in [0.4, 0.5) is 0 Å². The molecule has 1 rings (SSSR count). The highest BCUT2D eigenvalue weighted by Gasteiger charge is 2.20. The molecule has 0 aliphatic carbocycles. The molecule has 0 atom stereocenters. The van der Waals surface area contributed by atoms with Crippen molar-refractivity contribution in [2.24, 2.45) is 0 Å². The van der Waals surface area contributed by atoms with Crippen LogP contribution in [0.5, 0.6) is 0 Å². The van der Waals surface area contributed by atoms with Gasteiger partial charge in [-0.3, -0.25) is 4.72 Å². The predicted octanol–water partition coefficient (Wildman–Crippen LogP) is 1.49. The molecule has 0 bridgehead atoms. The summed E-state index contributed by atoms with van der Waals surface area (Å²) in [5.41, 5.74) is 1.46. The Morgan fingerprint density at radius 1 is 1.45 bits per heavy atom. The maximum atomic E-state index is 11.2. The first-order chi connectivity index (χ1) is 4.93. The summed E-state index contributed by atoms with van der Waals surface area (Å²) in [5.74, 6) is 0. The van der Waals surface area contributed by atoms with Crippen molar-refractivity contribution < 1.29 is 8.42 Å². The number of hydrogen-bond acceptors (Lipinski definition) is 2. The van der Waals surface area contributed by atoms with E-state index in [1.54, 1.807) is 13.8 Å². The highest BCUT2D eigenvalue weighted by molar-refractivity contribution is 14.1.